The van der Waals surface area contributed by atoms with Crippen LogP contribution in [0.5, 0.6) is 0 Å². The average Bonchev–Trinajstić information content (AvgIpc) is 2.75. The Balaban J connectivity index is 1.93. The minimum atomic E-state index is 0.319. The summed E-state index contributed by atoms with van der Waals surface area (Å²) >= 11 is 3.41. The van der Waals surface area contributed by atoms with Crippen LogP contribution in [0.15, 0.2) is 16.7 Å². The summed E-state index contributed by atoms with van der Waals surface area (Å²) in [4.78, 5) is 4.37. The molecule has 2 unspecified atom stereocenters. The third kappa shape index (κ3) is 3.19. The summed E-state index contributed by atoms with van der Waals surface area (Å²) in [5, 5.41) is 12.7. The van der Waals surface area contributed by atoms with E-state index in [1.807, 2.05) is 6.20 Å². The number of nitrogens with zero attached hydrogens (tertiary/aromatic N) is 1. The van der Waals surface area contributed by atoms with Crippen LogP contribution in [0.2, 0.25) is 0 Å². The van der Waals surface area contributed by atoms with Crippen LogP contribution >= 0.6 is 15.9 Å². The minimum absolute atomic E-state index is 0.319. The van der Waals surface area contributed by atoms with E-state index in [9.17, 15) is 5.11 Å². The Morgan fingerprint density at radius 2 is 2.24 bits per heavy atom. The monoisotopic (exact) mass is 298 g/mol. The summed E-state index contributed by atoms with van der Waals surface area (Å²) in [6.07, 6.45) is 5.43. The number of aryl methyl sites for hydroxylation is 1. The second-order valence-corrected chi connectivity index (χ2v) is 5.75. The van der Waals surface area contributed by atoms with E-state index in [0.29, 0.717) is 18.4 Å². The maximum atomic E-state index is 9.28. The molecule has 0 radical (unpaired) electrons. The first-order valence-corrected chi connectivity index (χ1v) is 6.97. The van der Waals surface area contributed by atoms with Crippen molar-refractivity contribution in [2.45, 2.75) is 26.2 Å². The first-order valence-electron chi connectivity index (χ1n) is 6.17. The number of anilines is 1. The van der Waals surface area contributed by atoms with Crippen molar-refractivity contribution in [1.82, 2.24) is 4.98 Å². The van der Waals surface area contributed by atoms with Crippen molar-refractivity contribution in [3.05, 3.63) is 22.3 Å². The summed E-state index contributed by atoms with van der Waals surface area (Å²) in [7, 11) is 0. The Morgan fingerprint density at radius 3 is 2.94 bits per heavy atom. The van der Waals surface area contributed by atoms with Gasteiger partial charge in [-0.2, -0.15) is 0 Å². The number of rotatable bonds is 4. The second kappa shape index (κ2) is 5.83. The van der Waals surface area contributed by atoms with E-state index in [2.05, 4.69) is 39.2 Å². The average molecular weight is 299 g/mol. The molecule has 0 aliphatic heterocycles. The van der Waals surface area contributed by atoms with Crippen LogP contribution < -0.4 is 5.32 Å². The third-order valence-electron chi connectivity index (χ3n) is 3.63. The van der Waals surface area contributed by atoms with Gasteiger partial charge in [-0.3, -0.25) is 0 Å². The standard InChI is InChI=1S/C13H19BrN2O/c1-9-5-12(14)7-16-13(9)15-6-10-3-2-4-11(10)8-17/h5,7,10-11,17H,2-4,6,8H2,1H3,(H,15,16). The summed E-state index contributed by atoms with van der Waals surface area (Å²) in [5.41, 5.74) is 1.15. The van der Waals surface area contributed by atoms with Crippen molar-refractivity contribution in [3.8, 4) is 0 Å². The summed E-state index contributed by atoms with van der Waals surface area (Å²) < 4.78 is 1.01. The summed E-state index contributed by atoms with van der Waals surface area (Å²) in [6.45, 7) is 3.29. The van der Waals surface area contributed by atoms with E-state index in [0.717, 1.165) is 28.8 Å². The van der Waals surface area contributed by atoms with Gasteiger partial charge in [-0.1, -0.05) is 6.42 Å². The SMILES string of the molecule is Cc1cc(Br)cnc1NCC1CCCC1CO. The van der Waals surface area contributed by atoms with Crippen LogP contribution in [-0.2, 0) is 0 Å². The van der Waals surface area contributed by atoms with Crippen molar-refractivity contribution in [1.29, 1.82) is 0 Å². The van der Waals surface area contributed by atoms with Gasteiger partial charge in [-0.15, -0.1) is 0 Å². The van der Waals surface area contributed by atoms with Crippen molar-refractivity contribution < 1.29 is 5.11 Å². The molecule has 0 spiro atoms. The van der Waals surface area contributed by atoms with Gasteiger partial charge in [0.1, 0.15) is 5.82 Å². The molecule has 1 saturated carbocycles. The largest absolute Gasteiger partial charge is 0.396 e. The highest BCUT2D eigenvalue weighted by Gasteiger charge is 2.26. The van der Waals surface area contributed by atoms with Crippen molar-refractivity contribution in [3.63, 3.8) is 0 Å². The fourth-order valence-corrected chi connectivity index (χ4v) is 3.02. The molecule has 94 valence electrons. The number of aliphatic hydroxyl groups excluding tert-OH is 1. The molecule has 2 rings (SSSR count). The predicted octanol–water partition coefficient (Wildman–Crippen LogP) is 2.97. The van der Waals surface area contributed by atoms with Crippen molar-refractivity contribution in [2.24, 2.45) is 11.8 Å². The van der Waals surface area contributed by atoms with Crippen LogP contribution in [0.1, 0.15) is 24.8 Å². The topological polar surface area (TPSA) is 45.2 Å². The molecule has 0 bridgehead atoms. The molecule has 2 atom stereocenters. The van der Waals surface area contributed by atoms with Gasteiger partial charge in [0.05, 0.1) is 0 Å². The number of hydrogen-bond donors (Lipinski definition) is 2. The predicted molar refractivity (Wildman–Crippen MR) is 73.1 cm³/mol. The zero-order valence-electron chi connectivity index (χ0n) is 10.1. The van der Waals surface area contributed by atoms with E-state index in [1.165, 1.54) is 12.8 Å². The minimum Gasteiger partial charge on any atom is -0.396 e. The van der Waals surface area contributed by atoms with E-state index in [4.69, 9.17) is 0 Å². The van der Waals surface area contributed by atoms with Gasteiger partial charge in [0.2, 0.25) is 0 Å². The Kier molecular flexibility index (Phi) is 4.40. The molecule has 4 heteroatoms. The molecule has 1 aromatic rings. The second-order valence-electron chi connectivity index (χ2n) is 4.83. The zero-order chi connectivity index (χ0) is 12.3. The number of aromatic nitrogens is 1. The van der Waals surface area contributed by atoms with E-state index in [1.54, 1.807) is 0 Å². The van der Waals surface area contributed by atoms with Gasteiger partial charge in [-0.25, -0.2) is 4.98 Å². The molecule has 0 saturated heterocycles. The summed E-state index contributed by atoms with van der Waals surface area (Å²) in [5.74, 6) is 2.01. The molecule has 17 heavy (non-hydrogen) atoms. The van der Waals surface area contributed by atoms with Crippen LogP contribution in [0.4, 0.5) is 5.82 Å². The number of pyridine rings is 1. The normalized spacial score (nSPS) is 23.9. The highest BCUT2D eigenvalue weighted by atomic mass is 79.9. The molecular weight excluding hydrogens is 280 g/mol. The maximum absolute atomic E-state index is 9.28. The van der Waals surface area contributed by atoms with Crippen LogP contribution in [0, 0.1) is 18.8 Å². The van der Waals surface area contributed by atoms with E-state index >= 15 is 0 Å². The Hall–Kier alpha value is -0.610. The number of hydrogen-bond acceptors (Lipinski definition) is 3. The molecule has 1 aliphatic carbocycles. The lowest BCUT2D eigenvalue weighted by Crippen LogP contribution is -2.21. The molecule has 1 fully saturated rings. The van der Waals surface area contributed by atoms with Gasteiger partial charge < -0.3 is 10.4 Å². The maximum Gasteiger partial charge on any atom is 0.128 e. The highest BCUT2D eigenvalue weighted by Crippen LogP contribution is 2.31. The van der Waals surface area contributed by atoms with Crippen molar-refractivity contribution in [2.75, 3.05) is 18.5 Å². The smallest absolute Gasteiger partial charge is 0.128 e. The zero-order valence-corrected chi connectivity index (χ0v) is 11.7. The molecule has 3 nitrogen and oxygen atoms in total. The Morgan fingerprint density at radius 1 is 1.47 bits per heavy atom. The highest BCUT2D eigenvalue weighted by molar-refractivity contribution is 9.10. The fraction of sp³-hybridized carbons (Fsp3) is 0.615. The molecule has 1 aromatic heterocycles. The molecule has 1 aliphatic rings. The van der Waals surface area contributed by atoms with Gasteiger partial charge in [0.25, 0.3) is 0 Å². The number of nitrogens with one attached hydrogen (secondary N) is 1. The van der Waals surface area contributed by atoms with Crippen LogP contribution in [0.25, 0.3) is 0 Å². The first kappa shape index (κ1) is 12.8. The lowest BCUT2D eigenvalue weighted by molar-refractivity contribution is 0.199. The number of aliphatic hydroxyl groups is 1. The van der Waals surface area contributed by atoms with E-state index < -0.39 is 0 Å². The molecule has 0 amide bonds. The van der Waals surface area contributed by atoms with Gasteiger partial charge in [0, 0.05) is 23.8 Å². The van der Waals surface area contributed by atoms with Gasteiger partial charge in [0.15, 0.2) is 0 Å². The lowest BCUT2D eigenvalue weighted by Gasteiger charge is -2.18. The Labute approximate surface area is 111 Å². The van der Waals surface area contributed by atoms with Crippen LogP contribution in [0.3, 0.4) is 0 Å². The van der Waals surface area contributed by atoms with E-state index in [-0.39, 0.29) is 0 Å². The van der Waals surface area contributed by atoms with Gasteiger partial charge in [-0.05, 0) is 59.2 Å². The first-order chi connectivity index (χ1) is 8.20. The number of halogens is 1. The molecule has 2 N–H and O–H groups in total. The van der Waals surface area contributed by atoms with Crippen LogP contribution in [-0.4, -0.2) is 23.2 Å². The lowest BCUT2D eigenvalue weighted by atomic mass is 9.97. The fourth-order valence-electron chi connectivity index (χ4n) is 2.58. The van der Waals surface area contributed by atoms with Gasteiger partial charge >= 0.3 is 0 Å². The third-order valence-corrected chi connectivity index (χ3v) is 4.06. The molecular formula is C13H19BrN2O. The van der Waals surface area contributed by atoms with Crippen molar-refractivity contribution >= 4 is 21.7 Å². The quantitative estimate of drug-likeness (QED) is 0.898. The molecule has 0 aromatic carbocycles. The summed E-state index contributed by atoms with van der Waals surface area (Å²) in [6, 6.07) is 2.06. The molecule has 1 heterocycles. The Bertz CT molecular complexity index is 384.